The van der Waals surface area contributed by atoms with Crippen LogP contribution in [0.5, 0.6) is 0 Å². The van der Waals surface area contributed by atoms with E-state index in [0.29, 0.717) is 12.8 Å². The van der Waals surface area contributed by atoms with E-state index in [1.165, 1.54) is 57.8 Å². The lowest BCUT2D eigenvalue weighted by Gasteiger charge is -2.15. The number of carbonyl (C=O) groups excluding carboxylic acids is 2. The van der Waals surface area contributed by atoms with Gasteiger partial charge in [-0.2, -0.15) is 0 Å². The molecule has 0 amide bonds. The summed E-state index contributed by atoms with van der Waals surface area (Å²) in [6.07, 6.45) is 41.6. The largest absolute Gasteiger partial charge is 0.462 e. The summed E-state index contributed by atoms with van der Waals surface area (Å²) in [4.78, 5) is 24.1. The Balaban J connectivity index is 3.63. The fraction of sp³-hybridized carbons (Fsp3) is 0.737. The van der Waals surface area contributed by atoms with E-state index in [-0.39, 0.29) is 25.2 Å². The van der Waals surface area contributed by atoms with Crippen molar-refractivity contribution in [3.05, 3.63) is 48.6 Å². The van der Waals surface area contributed by atoms with Crippen molar-refractivity contribution >= 4 is 11.9 Å². The molecule has 0 aliphatic rings. The zero-order valence-corrected chi connectivity index (χ0v) is 28.0. The standard InChI is InChI=1S/C38H66O5/c1-3-5-7-9-11-13-15-17-19-21-23-25-27-29-31-33-38(41)43-36(34-39)35-42-37(40)32-30-28-26-24-22-20-18-16-14-12-10-8-6-4-2/h5,7,11,13,16-19,36,39H,3-4,6,8-10,12,14-15,20-35H2,1-2H3/b7-5-,13-11-,18-16-,19-17-. The van der Waals surface area contributed by atoms with Crippen molar-refractivity contribution in [1.82, 2.24) is 0 Å². The summed E-state index contributed by atoms with van der Waals surface area (Å²) in [6.45, 7) is 3.98. The molecule has 0 saturated heterocycles. The number of ether oxygens (including phenoxy) is 2. The monoisotopic (exact) mass is 602 g/mol. The van der Waals surface area contributed by atoms with Crippen molar-refractivity contribution in [3.63, 3.8) is 0 Å². The normalized spacial score (nSPS) is 12.7. The van der Waals surface area contributed by atoms with Crippen LogP contribution in [0.15, 0.2) is 48.6 Å². The second-order valence-electron chi connectivity index (χ2n) is 11.6. The molecule has 248 valence electrons. The van der Waals surface area contributed by atoms with Crippen molar-refractivity contribution < 1.29 is 24.2 Å². The van der Waals surface area contributed by atoms with Crippen LogP contribution in [0.2, 0.25) is 0 Å². The first kappa shape index (κ1) is 40.9. The molecule has 0 radical (unpaired) electrons. The van der Waals surface area contributed by atoms with Gasteiger partial charge in [-0.3, -0.25) is 9.59 Å². The smallest absolute Gasteiger partial charge is 0.306 e. The van der Waals surface area contributed by atoms with E-state index in [4.69, 9.17) is 9.47 Å². The average Bonchev–Trinajstić information content (AvgIpc) is 3.01. The van der Waals surface area contributed by atoms with Crippen molar-refractivity contribution in [2.45, 2.75) is 168 Å². The van der Waals surface area contributed by atoms with Gasteiger partial charge in [0, 0.05) is 12.8 Å². The lowest BCUT2D eigenvalue weighted by molar-refractivity contribution is -0.161. The number of carbonyl (C=O) groups is 2. The highest BCUT2D eigenvalue weighted by atomic mass is 16.6. The maximum atomic E-state index is 12.1. The van der Waals surface area contributed by atoms with Gasteiger partial charge < -0.3 is 14.6 Å². The summed E-state index contributed by atoms with van der Waals surface area (Å²) < 4.78 is 10.5. The Morgan fingerprint density at radius 1 is 0.558 bits per heavy atom. The molecule has 0 bridgehead atoms. The molecule has 0 fully saturated rings. The molecule has 0 heterocycles. The van der Waals surface area contributed by atoms with Gasteiger partial charge in [0.15, 0.2) is 6.10 Å². The molecule has 1 unspecified atom stereocenters. The first-order chi connectivity index (χ1) is 21.1. The van der Waals surface area contributed by atoms with Crippen LogP contribution in [0, 0.1) is 0 Å². The number of esters is 2. The quantitative estimate of drug-likeness (QED) is 0.0485. The summed E-state index contributed by atoms with van der Waals surface area (Å²) >= 11 is 0. The van der Waals surface area contributed by atoms with E-state index in [1.54, 1.807) is 0 Å². The van der Waals surface area contributed by atoms with Crippen LogP contribution in [-0.4, -0.2) is 36.4 Å². The van der Waals surface area contributed by atoms with Gasteiger partial charge in [0.25, 0.3) is 0 Å². The van der Waals surface area contributed by atoms with Gasteiger partial charge in [-0.15, -0.1) is 0 Å². The number of allylic oxidation sites excluding steroid dienone is 8. The number of unbranched alkanes of at least 4 members (excludes halogenated alkanes) is 15. The van der Waals surface area contributed by atoms with Crippen molar-refractivity contribution in [2.75, 3.05) is 13.2 Å². The van der Waals surface area contributed by atoms with Crippen LogP contribution in [0.3, 0.4) is 0 Å². The Labute approximate surface area is 265 Å². The van der Waals surface area contributed by atoms with Crippen LogP contribution in [0.1, 0.15) is 162 Å². The number of hydrogen-bond acceptors (Lipinski definition) is 5. The molecule has 1 atom stereocenters. The minimum atomic E-state index is -0.782. The number of aliphatic hydroxyl groups is 1. The topological polar surface area (TPSA) is 72.8 Å². The zero-order valence-electron chi connectivity index (χ0n) is 28.0. The summed E-state index contributed by atoms with van der Waals surface area (Å²) in [7, 11) is 0. The Morgan fingerprint density at radius 3 is 1.53 bits per heavy atom. The molecule has 0 saturated carbocycles. The van der Waals surface area contributed by atoms with Gasteiger partial charge in [-0.25, -0.2) is 0 Å². The maximum absolute atomic E-state index is 12.1. The van der Waals surface area contributed by atoms with E-state index < -0.39 is 6.10 Å². The molecule has 0 rings (SSSR count). The number of aliphatic hydroxyl groups excluding tert-OH is 1. The third-order valence-electron chi connectivity index (χ3n) is 7.36. The fourth-order valence-corrected chi connectivity index (χ4v) is 4.68. The molecule has 0 spiro atoms. The van der Waals surface area contributed by atoms with E-state index in [0.717, 1.165) is 77.0 Å². The van der Waals surface area contributed by atoms with Gasteiger partial charge in [-0.1, -0.05) is 127 Å². The van der Waals surface area contributed by atoms with Crippen LogP contribution in [-0.2, 0) is 19.1 Å². The molecular weight excluding hydrogens is 536 g/mol. The Hall–Kier alpha value is -2.14. The van der Waals surface area contributed by atoms with E-state index in [2.05, 4.69) is 62.5 Å². The van der Waals surface area contributed by atoms with Crippen molar-refractivity contribution in [2.24, 2.45) is 0 Å². The molecule has 0 aliphatic heterocycles. The van der Waals surface area contributed by atoms with Crippen molar-refractivity contribution in [3.8, 4) is 0 Å². The predicted octanol–water partition coefficient (Wildman–Crippen LogP) is 10.7. The van der Waals surface area contributed by atoms with E-state index >= 15 is 0 Å². The highest BCUT2D eigenvalue weighted by molar-refractivity contribution is 5.70. The molecule has 0 aromatic carbocycles. The molecular formula is C38H66O5. The fourth-order valence-electron chi connectivity index (χ4n) is 4.68. The molecule has 5 heteroatoms. The third kappa shape index (κ3) is 32.6. The van der Waals surface area contributed by atoms with Gasteiger partial charge in [-0.05, 0) is 70.6 Å². The highest BCUT2D eigenvalue weighted by Gasteiger charge is 2.16. The molecule has 0 aromatic rings. The molecule has 43 heavy (non-hydrogen) atoms. The van der Waals surface area contributed by atoms with Gasteiger partial charge in [0.1, 0.15) is 6.61 Å². The summed E-state index contributed by atoms with van der Waals surface area (Å²) in [5.41, 5.74) is 0. The number of hydrogen-bond donors (Lipinski definition) is 1. The van der Waals surface area contributed by atoms with E-state index in [1.807, 2.05) is 0 Å². The van der Waals surface area contributed by atoms with Crippen molar-refractivity contribution in [1.29, 1.82) is 0 Å². The lowest BCUT2D eigenvalue weighted by atomic mass is 10.1. The second kappa shape index (κ2) is 34.4. The summed E-state index contributed by atoms with van der Waals surface area (Å²) in [6, 6.07) is 0. The zero-order chi connectivity index (χ0) is 31.5. The minimum Gasteiger partial charge on any atom is -0.462 e. The third-order valence-corrected chi connectivity index (χ3v) is 7.36. The highest BCUT2D eigenvalue weighted by Crippen LogP contribution is 2.11. The first-order valence-electron chi connectivity index (χ1n) is 17.7. The maximum Gasteiger partial charge on any atom is 0.306 e. The molecule has 1 N–H and O–H groups in total. The van der Waals surface area contributed by atoms with Crippen LogP contribution >= 0.6 is 0 Å². The molecule has 0 aliphatic carbocycles. The summed E-state index contributed by atoms with van der Waals surface area (Å²) in [5.74, 6) is -0.624. The van der Waals surface area contributed by atoms with Crippen LogP contribution in [0.4, 0.5) is 0 Å². The molecule has 5 nitrogen and oxygen atoms in total. The van der Waals surface area contributed by atoms with Gasteiger partial charge >= 0.3 is 11.9 Å². The Bertz CT molecular complexity index is 737. The van der Waals surface area contributed by atoms with Crippen LogP contribution < -0.4 is 0 Å². The predicted molar refractivity (Wildman–Crippen MR) is 182 cm³/mol. The second-order valence-corrected chi connectivity index (χ2v) is 11.6. The van der Waals surface area contributed by atoms with E-state index in [9.17, 15) is 14.7 Å². The van der Waals surface area contributed by atoms with Crippen LogP contribution in [0.25, 0.3) is 0 Å². The SMILES string of the molecule is CC/C=C\C/C=C\C/C=C\CCCCCCCC(=O)OC(CO)COC(=O)CCCCCCC/C=C\CCCCCCC. The first-order valence-corrected chi connectivity index (χ1v) is 17.7. The minimum absolute atomic E-state index is 0.0781. The Morgan fingerprint density at radius 2 is 1.00 bits per heavy atom. The van der Waals surface area contributed by atoms with Gasteiger partial charge in [0.2, 0.25) is 0 Å². The molecule has 0 aromatic heterocycles. The summed E-state index contributed by atoms with van der Waals surface area (Å²) in [5, 5.41) is 9.51. The average molecular weight is 603 g/mol. The van der Waals surface area contributed by atoms with Gasteiger partial charge in [0.05, 0.1) is 6.61 Å². The lowest BCUT2D eigenvalue weighted by Crippen LogP contribution is -2.28. The number of rotatable bonds is 31. The Kier molecular flexibility index (Phi) is 32.6.